The highest BCUT2D eigenvalue weighted by molar-refractivity contribution is 8.26. The molecule has 0 spiro atoms. The third-order valence-corrected chi connectivity index (χ3v) is 8.32. The van der Waals surface area contributed by atoms with Gasteiger partial charge in [-0.1, -0.05) is 48.6 Å². The Labute approximate surface area is 239 Å². The van der Waals surface area contributed by atoms with Crippen LogP contribution in [0.1, 0.15) is 31.2 Å². The van der Waals surface area contributed by atoms with E-state index in [1.54, 1.807) is 42.6 Å². The van der Waals surface area contributed by atoms with Crippen LogP contribution >= 0.6 is 24.0 Å². The van der Waals surface area contributed by atoms with Gasteiger partial charge in [0, 0.05) is 45.3 Å². The van der Waals surface area contributed by atoms with E-state index in [2.05, 4.69) is 0 Å². The molecule has 1 amide bonds. The third-order valence-electron chi connectivity index (χ3n) is 6.94. The van der Waals surface area contributed by atoms with Gasteiger partial charge in [0.15, 0.2) is 0 Å². The first-order chi connectivity index (χ1) is 19.3. The number of hydrogen-bond acceptors (Lipinski definition) is 8. The lowest BCUT2D eigenvalue weighted by atomic mass is 10.2. The van der Waals surface area contributed by atoms with Crippen molar-refractivity contribution >= 4 is 63.4 Å². The molecule has 4 heterocycles. The van der Waals surface area contributed by atoms with Crippen LogP contribution in [0, 0.1) is 5.82 Å². The molecule has 5 rings (SSSR count). The van der Waals surface area contributed by atoms with Gasteiger partial charge in [-0.15, -0.1) is 0 Å². The first-order valence-corrected chi connectivity index (χ1v) is 14.3. The average Bonchev–Trinajstić information content (AvgIpc) is 3.22. The van der Waals surface area contributed by atoms with E-state index in [0.29, 0.717) is 83.9 Å². The third kappa shape index (κ3) is 5.87. The number of amides is 1. The van der Waals surface area contributed by atoms with Crippen molar-refractivity contribution in [1.29, 1.82) is 0 Å². The summed E-state index contributed by atoms with van der Waals surface area (Å²) in [6.45, 7) is 2.51. The number of halogens is 1. The lowest BCUT2D eigenvalue weighted by Crippen LogP contribution is -2.47. The highest BCUT2D eigenvalue weighted by atomic mass is 32.2. The molecule has 0 saturated carbocycles. The number of nitrogens with zero attached hydrogens (tertiary/aromatic N) is 5. The highest BCUT2D eigenvalue weighted by Gasteiger charge is 2.33. The summed E-state index contributed by atoms with van der Waals surface area (Å²) in [7, 11) is 0. The largest absolute Gasteiger partial charge is 0.481 e. The number of carboxylic acid groups (broad SMARTS) is 1. The Hall–Kier alpha value is -3.77. The number of fused-ring (bicyclic) bond motifs is 1. The van der Waals surface area contributed by atoms with Crippen molar-refractivity contribution in [3.05, 3.63) is 75.3 Å². The van der Waals surface area contributed by atoms with E-state index in [1.165, 1.54) is 15.4 Å². The molecule has 2 saturated heterocycles. The zero-order valence-corrected chi connectivity index (χ0v) is 23.3. The number of thioether (sulfide) groups is 1. The number of piperazine rings is 1. The molecule has 208 valence electrons. The van der Waals surface area contributed by atoms with Gasteiger partial charge in [-0.05, 0) is 43.2 Å². The number of carbonyl (C=O) groups excluding carboxylic acids is 1. The van der Waals surface area contributed by atoms with Gasteiger partial charge in [0.25, 0.3) is 11.5 Å². The summed E-state index contributed by atoms with van der Waals surface area (Å²) in [6.07, 6.45) is 5.15. The summed E-state index contributed by atoms with van der Waals surface area (Å²) in [4.78, 5) is 48.3. The molecule has 3 aromatic rings. The normalized spacial score (nSPS) is 16.9. The van der Waals surface area contributed by atoms with Crippen molar-refractivity contribution < 1.29 is 19.1 Å². The number of para-hydroxylation sites is 1. The quantitative estimate of drug-likeness (QED) is 0.228. The van der Waals surface area contributed by atoms with Crippen LogP contribution in [-0.2, 0) is 9.59 Å². The lowest BCUT2D eigenvalue weighted by molar-refractivity contribution is -0.137. The summed E-state index contributed by atoms with van der Waals surface area (Å²) >= 11 is 6.60. The van der Waals surface area contributed by atoms with Crippen LogP contribution in [0.25, 0.3) is 11.7 Å². The molecule has 1 N–H and O–H groups in total. The van der Waals surface area contributed by atoms with Gasteiger partial charge >= 0.3 is 5.97 Å². The Bertz CT molecular complexity index is 1550. The molecule has 2 aliphatic heterocycles. The number of carbonyl (C=O) groups is 2. The fourth-order valence-electron chi connectivity index (χ4n) is 4.87. The maximum absolute atomic E-state index is 14.4. The fraction of sp³-hybridized carbons (Fsp3) is 0.321. The number of anilines is 2. The monoisotopic (exact) mass is 581 g/mol. The smallest absolute Gasteiger partial charge is 0.303 e. The van der Waals surface area contributed by atoms with Crippen molar-refractivity contribution in [2.75, 3.05) is 42.5 Å². The predicted molar refractivity (Wildman–Crippen MR) is 158 cm³/mol. The minimum absolute atomic E-state index is 0.0918. The Morgan fingerprint density at radius 2 is 1.75 bits per heavy atom. The fourth-order valence-corrected chi connectivity index (χ4v) is 6.16. The molecule has 0 unspecified atom stereocenters. The molecule has 0 atom stereocenters. The lowest BCUT2D eigenvalue weighted by Gasteiger charge is -2.37. The van der Waals surface area contributed by atoms with Crippen molar-refractivity contribution in [2.45, 2.75) is 25.7 Å². The van der Waals surface area contributed by atoms with Crippen molar-refractivity contribution in [1.82, 2.24) is 14.3 Å². The van der Waals surface area contributed by atoms with Crippen molar-refractivity contribution in [2.24, 2.45) is 0 Å². The molecular weight excluding hydrogens is 553 g/mol. The molecule has 0 radical (unpaired) electrons. The maximum Gasteiger partial charge on any atom is 0.303 e. The van der Waals surface area contributed by atoms with Crippen LogP contribution in [0.2, 0.25) is 0 Å². The van der Waals surface area contributed by atoms with Gasteiger partial charge in [-0.2, -0.15) is 0 Å². The number of aliphatic carboxylic acids is 1. The molecule has 2 aromatic heterocycles. The van der Waals surface area contributed by atoms with E-state index in [0.717, 1.165) is 11.8 Å². The van der Waals surface area contributed by atoms with Crippen molar-refractivity contribution in [3.8, 4) is 0 Å². The summed E-state index contributed by atoms with van der Waals surface area (Å²) < 4.78 is 16.2. The summed E-state index contributed by atoms with van der Waals surface area (Å²) in [5.74, 6) is -0.916. The Balaban J connectivity index is 1.40. The van der Waals surface area contributed by atoms with Gasteiger partial charge < -0.3 is 14.9 Å². The van der Waals surface area contributed by atoms with E-state index < -0.39 is 5.97 Å². The van der Waals surface area contributed by atoms with Gasteiger partial charge in [-0.3, -0.25) is 23.7 Å². The molecule has 9 nitrogen and oxygen atoms in total. The molecule has 0 aliphatic carbocycles. The van der Waals surface area contributed by atoms with Crippen LogP contribution in [0.3, 0.4) is 0 Å². The minimum atomic E-state index is -0.840. The van der Waals surface area contributed by atoms with Crippen LogP contribution in [0.5, 0.6) is 0 Å². The van der Waals surface area contributed by atoms with Gasteiger partial charge in [0.05, 0.1) is 16.2 Å². The average molecular weight is 582 g/mol. The van der Waals surface area contributed by atoms with Crippen LogP contribution in [-0.4, -0.2) is 68.3 Å². The molecular formula is C28H28FN5O4S2. The summed E-state index contributed by atoms with van der Waals surface area (Å²) in [5, 5.41) is 8.82. The second-order valence-electron chi connectivity index (χ2n) is 9.55. The summed E-state index contributed by atoms with van der Waals surface area (Å²) in [6, 6.07) is 12.0. The van der Waals surface area contributed by atoms with Gasteiger partial charge in [-0.25, -0.2) is 9.37 Å². The molecule has 2 fully saturated rings. The van der Waals surface area contributed by atoms with E-state index in [-0.39, 0.29) is 23.7 Å². The molecule has 0 bridgehead atoms. The number of hydrogen-bond donors (Lipinski definition) is 1. The number of thiocarbonyl (C=S) groups is 1. The number of carboxylic acids is 1. The van der Waals surface area contributed by atoms with Crippen LogP contribution < -0.4 is 15.4 Å². The van der Waals surface area contributed by atoms with Gasteiger partial charge in [0.2, 0.25) is 0 Å². The first kappa shape index (κ1) is 27.8. The Kier molecular flexibility index (Phi) is 8.46. The number of pyridine rings is 1. The number of aromatic nitrogens is 2. The molecule has 2 aliphatic rings. The first-order valence-electron chi connectivity index (χ1n) is 13.1. The minimum Gasteiger partial charge on any atom is -0.481 e. The van der Waals surface area contributed by atoms with Crippen LogP contribution in [0.4, 0.5) is 15.9 Å². The van der Waals surface area contributed by atoms with E-state index in [4.69, 9.17) is 22.3 Å². The predicted octanol–water partition coefficient (Wildman–Crippen LogP) is 4.01. The number of benzene rings is 1. The zero-order valence-electron chi connectivity index (χ0n) is 21.7. The van der Waals surface area contributed by atoms with E-state index in [9.17, 15) is 18.8 Å². The molecule has 1 aromatic carbocycles. The maximum atomic E-state index is 14.4. The van der Waals surface area contributed by atoms with Crippen molar-refractivity contribution in [3.63, 3.8) is 0 Å². The zero-order chi connectivity index (χ0) is 28.2. The highest BCUT2D eigenvalue weighted by Crippen LogP contribution is 2.34. The Morgan fingerprint density at radius 3 is 2.50 bits per heavy atom. The second-order valence-corrected chi connectivity index (χ2v) is 11.2. The Morgan fingerprint density at radius 1 is 1.02 bits per heavy atom. The number of unbranched alkanes of at least 4 members (excludes halogenated alkanes) is 2. The standard InChI is InChI=1S/C28H28FN5O4S2/c29-20-8-3-4-9-21(20)31-14-16-32(17-15-31)25-19(26(37)33-12-7-5-10-23(33)30-25)18-22-27(38)34(28(39)40-22)13-6-1-2-11-24(35)36/h3-5,7-10,12,18H,1-2,6,11,13-17H2,(H,35,36). The number of rotatable bonds is 9. The SMILES string of the molecule is O=C(O)CCCCCN1C(=O)C(=Cc2c(N3CCN(c4ccccc4F)CC3)nc3ccccn3c2=O)SC1=S. The molecule has 12 heteroatoms. The van der Waals surface area contributed by atoms with Gasteiger partial charge in [0.1, 0.15) is 21.6 Å². The van der Waals surface area contributed by atoms with Crippen LogP contribution in [0.15, 0.2) is 58.4 Å². The van der Waals surface area contributed by atoms with E-state index in [1.807, 2.05) is 15.9 Å². The summed E-state index contributed by atoms with van der Waals surface area (Å²) in [5.41, 5.74) is 1.03. The van der Waals surface area contributed by atoms with E-state index >= 15 is 0 Å². The molecule has 40 heavy (non-hydrogen) atoms. The second kappa shape index (κ2) is 12.2. The topological polar surface area (TPSA) is 98.5 Å².